The molecule has 1 atom stereocenters. The van der Waals surface area contributed by atoms with E-state index >= 15 is 0 Å². The zero-order chi connectivity index (χ0) is 23.8. The number of carbonyl (C=O) groups is 3. The first-order valence-corrected chi connectivity index (χ1v) is 10.6. The number of hydrogen-bond acceptors (Lipinski definition) is 6. The highest BCUT2D eigenvalue weighted by Crippen LogP contribution is 2.32. The molecule has 1 aliphatic heterocycles. The van der Waals surface area contributed by atoms with Crippen molar-refractivity contribution in [3.05, 3.63) is 95.6 Å². The summed E-state index contributed by atoms with van der Waals surface area (Å²) in [6.07, 6.45) is -0.547. The second-order valence-corrected chi connectivity index (χ2v) is 7.46. The van der Waals surface area contributed by atoms with Crippen LogP contribution >= 0.6 is 0 Å². The Morgan fingerprint density at radius 1 is 0.824 bits per heavy atom. The summed E-state index contributed by atoms with van der Waals surface area (Å²) in [5.74, 6) is -0.156. The predicted molar refractivity (Wildman–Crippen MR) is 122 cm³/mol. The lowest BCUT2D eigenvalue weighted by atomic mass is 10.1. The molecule has 1 aliphatic rings. The van der Waals surface area contributed by atoms with E-state index in [1.54, 1.807) is 12.1 Å². The Morgan fingerprint density at radius 3 is 2.24 bits per heavy atom. The van der Waals surface area contributed by atoms with E-state index in [2.05, 4.69) is 16.2 Å². The minimum atomic E-state index is -0.984. The number of fused-ring (bicyclic) bond motifs is 1. The van der Waals surface area contributed by atoms with Gasteiger partial charge in [0.25, 0.3) is 11.8 Å². The largest absolute Gasteiger partial charge is 0.454 e. The third kappa shape index (κ3) is 6.04. The van der Waals surface area contributed by atoms with Crippen molar-refractivity contribution in [1.29, 1.82) is 0 Å². The summed E-state index contributed by atoms with van der Waals surface area (Å²) < 4.78 is 15.7. The van der Waals surface area contributed by atoms with Gasteiger partial charge in [0.1, 0.15) is 12.6 Å². The van der Waals surface area contributed by atoms with Crippen LogP contribution in [0.15, 0.2) is 78.9 Å². The van der Waals surface area contributed by atoms with Gasteiger partial charge in [-0.1, -0.05) is 60.7 Å². The number of hydrazine groups is 1. The van der Waals surface area contributed by atoms with Crippen LogP contribution < -0.4 is 25.6 Å². The molecule has 3 N–H and O–H groups in total. The van der Waals surface area contributed by atoms with Gasteiger partial charge in [-0.3, -0.25) is 20.4 Å². The molecule has 174 valence electrons. The van der Waals surface area contributed by atoms with Gasteiger partial charge in [0, 0.05) is 12.0 Å². The third-order valence-electron chi connectivity index (χ3n) is 5.04. The summed E-state index contributed by atoms with van der Waals surface area (Å²) in [5, 5.41) is 2.57. The quantitative estimate of drug-likeness (QED) is 0.466. The van der Waals surface area contributed by atoms with Crippen LogP contribution in [0, 0.1) is 0 Å². The SMILES string of the molecule is O=C(N[C@H](Cc1ccccc1)C(=O)NNC(=O)c1ccc2c(c1)OCO2)OCc1ccccc1. The molecule has 3 amide bonds. The molecule has 9 heteroatoms. The van der Waals surface area contributed by atoms with Crippen LogP contribution in [0.25, 0.3) is 0 Å². The number of nitrogens with one attached hydrogen (secondary N) is 3. The highest BCUT2D eigenvalue weighted by molar-refractivity contribution is 5.96. The summed E-state index contributed by atoms with van der Waals surface area (Å²) >= 11 is 0. The molecule has 0 aromatic heterocycles. The molecule has 0 fully saturated rings. The average molecular weight is 461 g/mol. The van der Waals surface area contributed by atoms with E-state index in [0.29, 0.717) is 11.5 Å². The van der Waals surface area contributed by atoms with Gasteiger partial charge >= 0.3 is 6.09 Å². The normalized spacial score (nSPS) is 12.4. The lowest BCUT2D eigenvalue weighted by Gasteiger charge is -2.19. The Kier molecular flexibility index (Phi) is 7.24. The van der Waals surface area contributed by atoms with Gasteiger partial charge in [0.15, 0.2) is 11.5 Å². The second kappa shape index (κ2) is 10.9. The molecule has 0 aliphatic carbocycles. The number of ether oxygens (including phenoxy) is 3. The predicted octanol–water partition coefficient (Wildman–Crippen LogP) is 2.71. The number of amides is 3. The van der Waals surface area contributed by atoms with Gasteiger partial charge in [-0.05, 0) is 29.3 Å². The summed E-state index contributed by atoms with van der Waals surface area (Å²) in [6.45, 7) is 0.150. The molecule has 4 rings (SSSR count). The Labute approximate surface area is 196 Å². The van der Waals surface area contributed by atoms with Crippen molar-refractivity contribution in [2.45, 2.75) is 19.1 Å². The van der Waals surface area contributed by atoms with Crippen molar-refractivity contribution >= 4 is 17.9 Å². The minimum absolute atomic E-state index is 0.0627. The lowest BCUT2D eigenvalue weighted by Crippen LogP contribution is -2.53. The molecular weight excluding hydrogens is 438 g/mol. The molecular formula is C25H23N3O6. The minimum Gasteiger partial charge on any atom is -0.454 e. The molecule has 3 aromatic carbocycles. The van der Waals surface area contributed by atoms with E-state index in [1.807, 2.05) is 60.7 Å². The van der Waals surface area contributed by atoms with E-state index in [4.69, 9.17) is 14.2 Å². The van der Waals surface area contributed by atoms with Gasteiger partial charge < -0.3 is 19.5 Å². The molecule has 0 saturated heterocycles. The number of rotatable bonds is 7. The molecule has 9 nitrogen and oxygen atoms in total. The van der Waals surface area contributed by atoms with E-state index in [9.17, 15) is 14.4 Å². The Morgan fingerprint density at radius 2 is 1.50 bits per heavy atom. The van der Waals surface area contributed by atoms with E-state index in [0.717, 1.165) is 11.1 Å². The third-order valence-corrected chi connectivity index (χ3v) is 5.04. The highest BCUT2D eigenvalue weighted by Gasteiger charge is 2.23. The van der Waals surface area contributed by atoms with E-state index in [1.165, 1.54) is 6.07 Å². The van der Waals surface area contributed by atoms with Gasteiger partial charge in [0.2, 0.25) is 6.79 Å². The maximum atomic E-state index is 12.8. The molecule has 0 bridgehead atoms. The molecule has 34 heavy (non-hydrogen) atoms. The maximum absolute atomic E-state index is 12.8. The Bertz CT molecular complexity index is 1150. The van der Waals surface area contributed by atoms with Crippen LogP contribution in [0.1, 0.15) is 21.5 Å². The van der Waals surface area contributed by atoms with E-state index in [-0.39, 0.29) is 25.4 Å². The van der Waals surface area contributed by atoms with E-state index < -0.39 is 23.9 Å². The van der Waals surface area contributed by atoms with Crippen LogP contribution in [0.4, 0.5) is 4.79 Å². The monoisotopic (exact) mass is 461 g/mol. The molecule has 0 saturated carbocycles. The molecule has 0 radical (unpaired) electrons. The first-order valence-electron chi connectivity index (χ1n) is 10.6. The fourth-order valence-electron chi connectivity index (χ4n) is 3.28. The highest BCUT2D eigenvalue weighted by atomic mass is 16.7. The van der Waals surface area contributed by atoms with Gasteiger partial charge in [-0.2, -0.15) is 0 Å². The molecule has 1 heterocycles. The Balaban J connectivity index is 1.36. The standard InChI is InChI=1S/C25H23N3O6/c29-23(19-11-12-21-22(14-19)34-16-33-21)27-28-24(30)20(13-17-7-3-1-4-8-17)26-25(31)32-15-18-9-5-2-6-10-18/h1-12,14,20H,13,15-16H2,(H,26,31)(H,27,29)(H,28,30)/t20-/m1/s1. The first-order chi connectivity index (χ1) is 16.6. The van der Waals surface area contributed by atoms with Gasteiger partial charge in [-0.25, -0.2) is 4.79 Å². The Hall–Kier alpha value is -4.53. The summed E-state index contributed by atoms with van der Waals surface area (Å²) in [5.41, 5.74) is 6.65. The maximum Gasteiger partial charge on any atom is 0.408 e. The molecule has 0 spiro atoms. The number of hydrogen-bond donors (Lipinski definition) is 3. The zero-order valence-electron chi connectivity index (χ0n) is 18.2. The fourth-order valence-corrected chi connectivity index (χ4v) is 3.28. The number of benzene rings is 3. The zero-order valence-corrected chi connectivity index (χ0v) is 18.2. The van der Waals surface area contributed by atoms with Crippen molar-refractivity contribution in [3.63, 3.8) is 0 Å². The van der Waals surface area contributed by atoms with Crippen LogP contribution in [0.2, 0.25) is 0 Å². The summed E-state index contributed by atoms with van der Waals surface area (Å²) in [6, 6.07) is 22.1. The number of alkyl carbamates (subject to hydrolysis) is 1. The van der Waals surface area contributed by atoms with Crippen molar-refractivity contribution < 1.29 is 28.6 Å². The van der Waals surface area contributed by atoms with Crippen molar-refractivity contribution in [1.82, 2.24) is 16.2 Å². The van der Waals surface area contributed by atoms with Gasteiger partial charge in [0.05, 0.1) is 0 Å². The van der Waals surface area contributed by atoms with Crippen molar-refractivity contribution in [2.24, 2.45) is 0 Å². The summed E-state index contributed by atoms with van der Waals surface area (Å²) in [7, 11) is 0. The van der Waals surface area contributed by atoms with Crippen LogP contribution in [0.5, 0.6) is 11.5 Å². The summed E-state index contributed by atoms with van der Waals surface area (Å²) in [4.78, 5) is 37.7. The topological polar surface area (TPSA) is 115 Å². The number of carbonyl (C=O) groups excluding carboxylic acids is 3. The van der Waals surface area contributed by atoms with Crippen molar-refractivity contribution in [3.8, 4) is 11.5 Å². The molecule has 3 aromatic rings. The second-order valence-electron chi connectivity index (χ2n) is 7.46. The van der Waals surface area contributed by atoms with Gasteiger partial charge in [-0.15, -0.1) is 0 Å². The molecule has 0 unspecified atom stereocenters. The van der Waals surface area contributed by atoms with Crippen LogP contribution in [0.3, 0.4) is 0 Å². The van der Waals surface area contributed by atoms with Crippen molar-refractivity contribution in [2.75, 3.05) is 6.79 Å². The van der Waals surface area contributed by atoms with Crippen LogP contribution in [-0.2, 0) is 22.6 Å². The average Bonchev–Trinajstić information content (AvgIpc) is 3.35. The van der Waals surface area contributed by atoms with Crippen LogP contribution in [-0.4, -0.2) is 30.7 Å². The fraction of sp³-hybridized carbons (Fsp3) is 0.160. The smallest absolute Gasteiger partial charge is 0.408 e. The first kappa shape index (κ1) is 22.7. The lowest BCUT2D eigenvalue weighted by molar-refractivity contribution is -0.123.